The van der Waals surface area contributed by atoms with E-state index in [-0.39, 0.29) is 0 Å². The highest BCUT2D eigenvalue weighted by Gasteiger charge is 2.45. The number of aliphatic hydroxyl groups excluding tert-OH is 1. The van der Waals surface area contributed by atoms with Crippen molar-refractivity contribution in [3.63, 3.8) is 0 Å². The molecule has 0 aromatic heterocycles. The van der Waals surface area contributed by atoms with Crippen LogP contribution >= 0.6 is 0 Å². The molecular formula is C18H28O2. The molecule has 1 aliphatic carbocycles. The SMILES string of the molecule is CCOC1(C(O)c2ccccc2C)CCC(C)(C)CC1. The molecule has 2 heteroatoms. The Labute approximate surface area is 123 Å². The van der Waals surface area contributed by atoms with Crippen molar-refractivity contribution in [3.05, 3.63) is 35.4 Å². The van der Waals surface area contributed by atoms with Gasteiger partial charge in [-0.15, -0.1) is 0 Å². The van der Waals surface area contributed by atoms with Gasteiger partial charge in [0.15, 0.2) is 0 Å². The van der Waals surface area contributed by atoms with E-state index in [4.69, 9.17) is 4.74 Å². The summed E-state index contributed by atoms with van der Waals surface area (Å²) < 4.78 is 6.08. The Kier molecular flexibility index (Phi) is 4.55. The maximum Gasteiger partial charge on any atom is 0.108 e. The Morgan fingerprint density at radius 1 is 1.15 bits per heavy atom. The van der Waals surface area contributed by atoms with E-state index in [1.807, 2.05) is 25.1 Å². The smallest absolute Gasteiger partial charge is 0.108 e. The first kappa shape index (κ1) is 15.5. The molecule has 1 aliphatic rings. The van der Waals surface area contributed by atoms with E-state index in [0.29, 0.717) is 12.0 Å². The Balaban J connectivity index is 2.27. The lowest BCUT2D eigenvalue weighted by Crippen LogP contribution is -2.45. The predicted octanol–water partition coefficient (Wildman–Crippen LogP) is 4.40. The van der Waals surface area contributed by atoms with Crippen LogP contribution in [0.15, 0.2) is 24.3 Å². The topological polar surface area (TPSA) is 29.5 Å². The molecule has 0 radical (unpaired) electrons. The van der Waals surface area contributed by atoms with E-state index >= 15 is 0 Å². The highest BCUT2D eigenvalue weighted by atomic mass is 16.5. The van der Waals surface area contributed by atoms with Crippen molar-refractivity contribution in [1.29, 1.82) is 0 Å². The van der Waals surface area contributed by atoms with Gasteiger partial charge >= 0.3 is 0 Å². The van der Waals surface area contributed by atoms with Crippen molar-refractivity contribution in [3.8, 4) is 0 Å². The van der Waals surface area contributed by atoms with Crippen LogP contribution in [0.2, 0.25) is 0 Å². The number of ether oxygens (including phenoxy) is 1. The third kappa shape index (κ3) is 3.07. The summed E-state index contributed by atoms with van der Waals surface area (Å²) in [6.45, 7) is 9.35. The van der Waals surface area contributed by atoms with Gasteiger partial charge in [-0.3, -0.25) is 0 Å². The molecule has 1 unspecified atom stereocenters. The average Bonchev–Trinajstić information content (AvgIpc) is 2.42. The summed E-state index contributed by atoms with van der Waals surface area (Å²) in [7, 11) is 0. The monoisotopic (exact) mass is 276 g/mol. The number of hydrogen-bond donors (Lipinski definition) is 1. The molecule has 1 saturated carbocycles. The summed E-state index contributed by atoms with van der Waals surface area (Å²) in [5.74, 6) is 0. The Hall–Kier alpha value is -0.860. The fourth-order valence-corrected chi connectivity index (χ4v) is 3.31. The summed E-state index contributed by atoms with van der Waals surface area (Å²) in [6.07, 6.45) is 3.55. The Bertz CT molecular complexity index is 440. The van der Waals surface area contributed by atoms with Crippen molar-refractivity contribution in [2.75, 3.05) is 6.61 Å². The zero-order chi connectivity index (χ0) is 14.8. The molecule has 1 atom stereocenters. The number of aliphatic hydroxyl groups is 1. The zero-order valence-corrected chi connectivity index (χ0v) is 13.3. The number of rotatable bonds is 4. The molecule has 20 heavy (non-hydrogen) atoms. The minimum absolute atomic E-state index is 0.367. The Morgan fingerprint density at radius 3 is 2.30 bits per heavy atom. The number of aryl methyl sites for hydroxylation is 1. The molecule has 0 heterocycles. The van der Waals surface area contributed by atoms with Crippen LogP contribution in [-0.4, -0.2) is 17.3 Å². The fourth-order valence-electron chi connectivity index (χ4n) is 3.31. The molecular weight excluding hydrogens is 248 g/mol. The van der Waals surface area contributed by atoms with Crippen LogP contribution in [0.1, 0.15) is 63.7 Å². The molecule has 0 aliphatic heterocycles. The summed E-state index contributed by atoms with van der Waals surface area (Å²) in [5, 5.41) is 11.0. The second-order valence-corrected chi connectivity index (χ2v) is 6.92. The van der Waals surface area contributed by atoms with Crippen LogP contribution in [-0.2, 0) is 4.74 Å². The van der Waals surface area contributed by atoms with Gasteiger partial charge in [0.1, 0.15) is 6.10 Å². The minimum atomic E-state index is -0.528. The molecule has 1 fully saturated rings. The first-order valence-electron chi connectivity index (χ1n) is 7.78. The van der Waals surface area contributed by atoms with Crippen LogP contribution < -0.4 is 0 Å². The van der Waals surface area contributed by atoms with E-state index in [2.05, 4.69) is 26.8 Å². The molecule has 2 rings (SSSR count). The lowest BCUT2D eigenvalue weighted by Gasteiger charge is -2.46. The molecule has 1 N–H and O–H groups in total. The van der Waals surface area contributed by atoms with Gasteiger partial charge in [0.05, 0.1) is 5.60 Å². The highest BCUT2D eigenvalue weighted by molar-refractivity contribution is 5.30. The van der Waals surface area contributed by atoms with Crippen LogP contribution in [0.3, 0.4) is 0 Å². The standard InChI is InChI=1S/C18H28O2/c1-5-20-18(12-10-17(3,4)11-13-18)16(19)15-9-7-6-8-14(15)2/h6-9,16,19H,5,10-13H2,1-4H3. The van der Waals surface area contributed by atoms with Crippen molar-refractivity contribution >= 4 is 0 Å². The summed E-state index contributed by atoms with van der Waals surface area (Å²) in [5.41, 5.74) is 2.12. The van der Waals surface area contributed by atoms with Crippen molar-refractivity contribution in [2.45, 2.75) is 65.1 Å². The summed E-state index contributed by atoms with van der Waals surface area (Å²) in [4.78, 5) is 0. The van der Waals surface area contributed by atoms with Gasteiger partial charge in [-0.05, 0) is 56.1 Å². The van der Waals surface area contributed by atoms with Gasteiger partial charge in [0.25, 0.3) is 0 Å². The second-order valence-electron chi connectivity index (χ2n) is 6.92. The van der Waals surface area contributed by atoms with Gasteiger partial charge in [-0.2, -0.15) is 0 Å². The van der Waals surface area contributed by atoms with E-state index in [9.17, 15) is 5.11 Å². The van der Waals surface area contributed by atoms with Gasteiger partial charge < -0.3 is 9.84 Å². The van der Waals surface area contributed by atoms with Crippen LogP contribution in [0, 0.1) is 12.3 Å². The van der Waals surface area contributed by atoms with Crippen LogP contribution in [0.5, 0.6) is 0 Å². The van der Waals surface area contributed by atoms with Crippen LogP contribution in [0.4, 0.5) is 0 Å². The predicted molar refractivity (Wildman–Crippen MR) is 82.7 cm³/mol. The molecule has 0 bridgehead atoms. The molecule has 0 spiro atoms. The first-order chi connectivity index (χ1) is 9.40. The van der Waals surface area contributed by atoms with Gasteiger partial charge in [0.2, 0.25) is 0 Å². The molecule has 1 aromatic rings. The fraction of sp³-hybridized carbons (Fsp3) is 0.667. The molecule has 112 valence electrons. The van der Waals surface area contributed by atoms with Gasteiger partial charge in [-0.1, -0.05) is 38.1 Å². The van der Waals surface area contributed by atoms with E-state index in [0.717, 1.165) is 36.8 Å². The van der Waals surface area contributed by atoms with Crippen molar-refractivity contribution in [2.24, 2.45) is 5.41 Å². The average molecular weight is 276 g/mol. The maximum absolute atomic E-state index is 11.0. The number of hydrogen-bond acceptors (Lipinski definition) is 2. The lowest BCUT2D eigenvalue weighted by atomic mass is 9.68. The second kappa shape index (κ2) is 5.87. The van der Waals surface area contributed by atoms with Crippen molar-refractivity contribution < 1.29 is 9.84 Å². The quantitative estimate of drug-likeness (QED) is 0.883. The molecule has 0 saturated heterocycles. The summed E-state index contributed by atoms with van der Waals surface area (Å²) in [6, 6.07) is 8.10. The Morgan fingerprint density at radius 2 is 1.75 bits per heavy atom. The summed E-state index contributed by atoms with van der Waals surface area (Å²) >= 11 is 0. The van der Waals surface area contributed by atoms with Crippen molar-refractivity contribution in [1.82, 2.24) is 0 Å². The molecule has 0 amide bonds. The molecule has 2 nitrogen and oxygen atoms in total. The lowest BCUT2D eigenvalue weighted by molar-refractivity contribution is -0.153. The van der Waals surface area contributed by atoms with E-state index < -0.39 is 11.7 Å². The third-order valence-corrected chi connectivity index (χ3v) is 4.86. The third-order valence-electron chi connectivity index (χ3n) is 4.86. The van der Waals surface area contributed by atoms with E-state index in [1.54, 1.807) is 0 Å². The minimum Gasteiger partial charge on any atom is -0.385 e. The highest BCUT2D eigenvalue weighted by Crippen LogP contribution is 2.48. The zero-order valence-electron chi connectivity index (χ0n) is 13.3. The first-order valence-corrected chi connectivity index (χ1v) is 7.78. The molecule has 1 aromatic carbocycles. The maximum atomic E-state index is 11.0. The largest absolute Gasteiger partial charge is 0.385 e. The van der Waals surface area contributed by atoms with E-state index in [1.165, 1.54) is 0 Å². The number of benzene rings is 1. The van der Waals surface area contributed by atoms with Gasteiger partial charge in [-0.25, -0.2) is 0 Å². The van der Waals surface area contributed by atoms with Crippen LogP contribution in [0.25, 0.3) is 0 Å². The van der Waals surface area contributed by atoms with Gasteiger partial charge in [0, 0.05) is 6.61 Å². The normalized spacial score (nSPS) is 22.4.